The molecule has 1 aromatic carbocycles. The Hall–Kier alpha value is -1.84. The molecule has 0 saturated heterocycles. The third-order valence-electron chi connectivity index (χ3n) is 3.16. The van der Waals surface area contributed by atoms with Crippen LogP contribution < -0.4 is 4.74 Å². The van der Waals surface area contributed by atoms with Crippen molar-refractivity contribution < 1.29 is 19.1 Å². The van der Waals surface area contributed by atoms with Gasteiger partial charge in [-0.1, -0.05) is 26.0 Å². The van der Waals surface area contributed by atoms with Gasteiger partial charge in [0.25, 0.3) is 0 Å². The van der Waals surface area contributed by atoms with E-state index in [4.69, 9.17) is 9.47 Å². The fourth-order valence-electron chi connectivity index (χ4n) is 1.86. The lowest BCUT2D eigenvalue weighted by Crippen LogP contribution is -2.11. The van der Waals surface area contributed by atoms with E-state index < -0.39 is 0 Å². The van der Waals surface area contributed by atoms with Gasteiger partial charge in [0, 0.05) is 12.8 Å². The van der Waals surface area contributed by atoms with Crippen molar-refractivity contribution in [2.45, 2.75) is 53.4 Å². The van der Waals surface area contributed by atoms with E-state index in [1.54, 1.807) is 0 Å². The van der Waals surface area contributed by atoms with E-state index in [1.165, 1.54) is 0 Å². The summed E-state index contributed by atoms with van der Waals surface area (Å²) in [6, 6.07) is 5.77. The number of hydrogen-bond donors (Lipinski definition) is 0. The third-order valence-corrected chi connectivity index (χ3v) is 3.16. The van der Waals surface area contributed by atoms with Crippen molar-refractivity contribution in [1.29, 1.82) is 0 Å². The van der Waals surface area contributed by atoms with Crippen LogP contribution in [0.5, 0.6) is 5.75 Å². The molecule has 0 unspecified atom stereocenters. The second-order valence-corrected chi connectivity index (χ2v) is 6.03. The number of benzene rings is 1. The first-order valence-electron chi connectivity index (χ1n) is 7.82. The van der Waals surface area contributed by atoms with Gasteiger partial charge in [-0.15, -0.1) is 0 Å². The van der Waals surface area contributed by atoms with Gasteiger partial charge >= 0.3 is 11.9 Å². The minimum absolute atomic E-state index is 0.198. The number of rotatable bonds is 8. The number of carbonyl (C=O) groups is 2. The number of ether oxygens (including phenoxy) is 2. The molecule has 0 bridgehead atoms. The first kappa shape index (κ1) is 18.2. The highest BCUT2D eigenvalue weighted by molar-refractivity contribution is 5.73. The van der Waals surface area contributed by atoms with E-state index >= 15 is 0 Å². The smallest absolute Gasteiger partial charge is 0.311 e. The molecule has 1 rings (SSSR count). The fraction of sp³-hybridized carbons (Fsp3) is 0.556. The van der Waals surface area contributed by atoms with Crippen molar-refractivity contribution in [1.82, 2.24) is 0 Å². The van der Waals surface area contributed by atoms with Crippen LogP contribution in [0.1, 0.15) is 50.7 Å². The Bertz CT molecular complexity index is 506. The van der Waals surface area contributed by atoms with E-state index in [-0.39, 0.29) is 11.9 Å². The maximum absolute atomic E-state index is 11.8. The minimum Gasteiger partial charge on any atom is -0.465 e. The summed E-state index contributed by atoms with van der Waals surface area (Å²) in [5.41, 5.74) is 2.00. The summed E-state index contributed by atoms with van der Waals surface area (Å²) in [6.45, 7) is 8.31. The molecular formula is C18H26O4. The number of hydrogen-bond acceptors (Lipinski definition) is 4. The normalized spacial score (nSPS) is 10.6. The predicted octanol–water partition coefficient (Wildman–Crippen LogP) is 3.97. The van der Waals surface area contributed by atoms with Gasteiger partial charge < -0.3 is 9.47 Å². The maximum atomic E-state index is 11.8. The summed E-state index contributed by atoms with van der Waals surface area (Å²) in [7, 11) is 0. The molecule has 0 fully saturated rings. The largest absolute Gasteiger partial charge is 0.465 e. The number of carbonyl (C=O) groups excluding carboxylic acids is 2. The van der Waals surface area contributed by atoms with Gasteiger partial charge in [0.05, 0.1) is 6.61 Å². The molecule has 0 N–H and O–H groups in total. The molecule has 0 aromatic heterocycles. The summed E-state index contributed by atoms with van der Waals surface area (Å²) >= 11 is 0. The van der Waals surface area contributed by atoms with Crippen LogP contribution in [-0.2, 0) is 14.3 Å². The standard InChI is InChI=1S/C18H26O4/c1-13(2)12-21-17(19)7-5-6-8-18(20)22-16-11-14(3)9-10-15(16)4/h9-11,13H,5-8,12H2,1-4H3. The van der Waals surface area contributed by atoms with Crippen molar-refractivity contribution in [3.63, 3.8) is 0 Å². The van der Waals surface area contributed by atoms with Crippen molar-refractivity contribution in [2.75, 3.05) is 6.61 Å². The number of unbranched alkanes of at least 4 members (excludes halogenated alkanes) is 1. The molecule has 0 spiro atoms. The zero-order chi connectivity index (χ0) is 16.5. The summed E-state index contributed by atoms with van der Waals surface area (Å²) < 4.78 is 10.4. The van der Waals surface area contributed by atoms with E-state index in [2.05, 4.69) is 0 Å². The molecule has 4 nitrogen and oxygen atoms in total. The van der Waals surface area contributed by atoms with Crippen LogP contribution >= 0.6 is 0 Å². The molecule has 0 heterocycles. The van der Waals surface area contributed by atoms with Crippen LogP contribution in [0.2, 0.25) is 0 Å². The van der Waals surface area contributed by atoms with Gasteiger partial charge in [0.1, 0.15) is 5.75 Å². The average molecular weight is 306 g/mol. The van der Waals surface area contributed by atoms with Gasteiger partial charge in [-0.25, -0.2) is 0 Å². The van der Waals surface area contributed by atoms with Crippen molar-refractivity contribution >= 4 is 11.9 Å². The lowest BCUT2D eigenvalue weighted by molar-refractivity contribution is -0.145. The van der Waals surface area contributed by atoms with Gasteiger partial charge in [0.15, 0.2) is 0 Å². The Kier molecular flexibility index (Phi) is 7.64. The van der Waals surface area contributed by atoms with Crippen LogP contribution in [0.3, 0.4) is 0 Å². The summed E-state index contributed by atoms with van der Waals surface area (Å²) in [6.07, 6.45) is 1.92. The Morgan fingerprint density at radius 1 is 1.05 bits per heavy atom. The van der Waals surface area contributed by atoms with E-state index in [0.29, 0.717) is 44.0 Å². The first-order chi connectivity index (χ1) is 10.4. The number of esters is 2. The summed E-state index contributed by atoms with van der Waals surface area (Å²) in [4.78, 5) is 23.2. The van der Waals surface area contributed by atoms with Crippen molar-refractivity contribution in [3.8, 4) is 5.75 Å². The molecule has 0 radical (unpaired) electrons. The molecule has 0 aliphatic carbocycles. The quantitative estimate of drug-likeness (QED) is 0.414. The minimum atomic E-state index is -0.260. The fourth-order valence-corrected chi connectivity index (χ4v) is 1.86. The van der Waals surface area contributed by atoms with Crippen LogP contribution in [0.4, 0.5) is 0 Å². The summed E-state index contributed by atoms with van der Waals surface area (Å²) in [5.74, 6) is 0.499. The molecule has 0 aliphatic heterocycles. The highest BCUT2D eigenvalue weighted by Gasteiger charge is 2.09. The molecule has 22 heavy (non-hydrogen) atoms. The maximum Gasteiger partial charge on any atom is 0.311 e. The van der Waals surface area contributed by atoms with E-state index in [9.17, 15) is 9.59 Å². The zero-order valence-electron chi connectivity index (χ0n) is 14.0. The van der Waals surface area contributed by atoms with Crippen LogP contribution in [0.15, 0.2) is 18.2 Å². The molecular weight excluding hydrogens is 280 g/mol. The van der Waals surface area contributed by atoms with Crippen molar-refractivity contribution in [2.24, 2.45) is 5.92 Å². The van der Waals surface area contributed by atoms with Gasteiger partial charge in [-0.3, -0.25) is 9.59 Å². The highest BCUT2D eigenvalue weighted by Crippen LogP contribution is 2.20. The topological polar surface area (TPSA) is 52.6 Å². The highest BCUT2D eigenvalue weighted by atomic mass is 16.5. The lowest BCUT2D eigenvalue weighted by Gasteiger charge is -2.08. The second-order valence-electron chi connectivity index (χ2n) is 6.03. The second kappa shape index (κ2) is 9.23. The van der Waals surface area contributed by atoms with Gasteiger partial charge in [-0.05, 0) is 49.8 Å². The molecule has 122 valence electrons. The first-order valence-corrected chi connectivity index (χ1v) is 7.82. The zero-order valence-corrected chi connectivity index (χ0v) is 14.0. The van der Waals surface area contributed by atoms with Gasteiger partial charge in [-0.2, -0.15) is 0 Å². The average Bonchev–Trinajstić information content (AvgIpc) is 2.45. The third kappa shape index (κ3) is 7.25. The van der Waals surface area contributed by atoms with E-state index in [0.717, 1.165) is 11.1 Å². The Balaban J connectivity index is 2.24. The molecule has 0 saturated carbocycles. The monoisotopic (exact) mass is 306 g/mol. The number of aryl methyl sites for hydroxylation is 2. The SMILES string of the molecule is Cc1ccc(C)c(OC(=O)CCCCC(=O)OCC(C)C)c1. The van der Waals surface area contributed by atoms with Crippen LogP contribution in [-0.4, -0.2) is 18.5 Å². The lowest BCUT2D eigenvalue weighted by atomic mass is 10.1. The predicted molar refractivity (Wildman–Crippen MR) is 85.8 cm³/mol. The Morgan fingerprint density at radius 3 is 2.32 bits per heavy atom. The molecule has 0 aliphatic rings. The Labute approximate surface area is 132 Å². The van der Waals surface area contributed by atoms with Crippen LogP contribution in [0.25, 0.3) is 0 Å². The van der Waals surface area contributed by atoms with E-state index in [1.807, 2.05) is 45.9 Å². The van der Waals surface area contributed by atoms with Crippen LogP contribution in [0, 0.1) is 19.8 Å². The molecule has 0 amide bonds. The Morgan fingerprint density at radius 2 is 1.68 bits per heavy atom. The van der Waals surface area contributed by atoms with Gasteiger partial charge in [0.2, 0.25) is 0 Å². The summed E-state index contributed by atoms with van der Waals surface area (Å²) in [5, 5.41) is 0. The molecule has 0 atom stereocenters. The van der Waals surface area contributed by atoms with Crippen molar-refractivity contribution in [3.05, 3.63) is 29.3 Å². The molecule has 1 aromatic rings. The molecule has 4 heteroatoms.